The third kappa shape index (κ3) is 3.97. The molecular weight excluding hydrogens is 116 g/mol. The molecule has 3 nitrogen and oxygen atoms in total. The second kappa shape index (κ2) is 3.45. The molecule has 0 unspecified atom stereocenters. The third-order valence-electron chi connectivity index (χ3n) is 1.04. The van der Waals surface area contributed by atoms with Crippen LogP contribution < -0.4 is 10.6 Å². The molecule has 0 aliphatic heterocycles. The zero-order chi connectivity index (χ0) is 7.33. The lowest BCUT2D eigenvalue weighted by atomic mass is 10.2. The Hall–Kier alpha value is -0.570. The summed E-state index contributed by atoms with van der Waals surface area (Å²) in [5, 5.41) is 5.71. The van der Waals surface area contributed by atoms with Gasteiger partial charge < -0.3 is 5.32 Å². The van der Waals surface area contributed by atoms with Gasteiger partial charge in [-0.15, -0.1) is 0 Å². The Balaban J connectivity index is 3.55. The van der Waals surface area contributed by atoms with E-state index < -0.39 is 0 Å². The fourth-order valence-electron chi connectivity index (χ4n) is 0.640. The first-order valence-corrected chi connectivity index (χ1v) is 3.09. The Labute approximate surface area is 55.8 Å². The van der Waals surface area contributed by atoms with Crippen molar-refractivity contribution >= 4 is 6.41 Å². The molecule has 0 saturated carbocycles. The summed E-state index contributed by atoms with van der Waals surface area (Å²) >= 11 is 0. The van der Waals surface area contributed by atoms with E-state index in [2.05, 4.69) is 10.6 Å². The van der Waals surface area contributed by atoms with Crippen molar-refractivity contribution in [3.63, 3.8) is 0 Å². The highest BCUT2D eigenvalue weighted by Crippen LogP contribution is 1.91. The molecule has 9 heavy (non-hydrogen) atoms. The van der Waals surface area contributed by atoms with Crippen LogP contribution in [0.25, 0.3) is 0 Å². The van der Waals surface area contributed by atoms with Crippen LogP contribution in [0.2, 0.25) is 0 Å². The van der Waals surface area contributed by atoms with Gasteiger partial charge in [-0.1, -0.05) is 6.92 Å². The van der Waals surface area contributed by atoms with Gasteiger partial charge in [0.2, 0.25) is 6.41 Å². The molecule has 54 valence electrons. The van der Waals surface area contributed by atoms with Crippen LogP contribution in [0.3, 0.4) is 0 Å². The molecule has 0 aromatic carbocycles. The van der Waals surface area contributed by atoms with Gasteiger partial charge in [-0.2, -0.15) is 0 Å². The van der Waals surface area contributed by atoms with Crippen LogP contribution >= 0.6 is 0 Å². The Bertz CT molecular complexity index is 91.1. The predicted molar refractivity (Wildman–Crippen MR) is 37.0 cm³/mol. The van der Waals surface area contributed by atoms with Gasteiger partial charge in [0.15, 0.2) is 0 Å². The largest absolute Gasteiger partial charge is 0.341 e. The highest BCUT2D eigenvalue weighted by molar-refractivity contribution is 5.47. The molecule has 0 spiro atoms. The summed E-state index contributed by atoms with van der Waals surface area (Å²) in [5.41, 5.74) is -0.267. The molecule has 0 aliphatic carbocycles. The molecular formula is C6H14N2O. The van der Waals surface area contributed by atoms with Crippen LogP contribution in [0.4, 0.5) is 0 Å². The lowest BCUT2D eigenvalue weighted by Gasteiger charge is -2.24. The number of carbonyl (C=O) groups excluding carboxylic acids is 1. The van der Waals surface area contributed by atoms with Crippen LogP contribution in [0.1, 0.15) is 20.8 Å². The zero-order valence-electron chi connectivity index (χ0n) is 6.19. The maximum atomic E-state index is 9.94. The van der Waals surface area contributed by atoms with Gasteiger partial charge in [-0.25, -0.2) is 0 Å². The van der Waals surface area contributed by atoms with E-state index in [9.17, 15) is 4.79 Å². The minimum Gasteiger partial charge on any atom is -0.341 e. The zero-order valence-corrected chi connectivity index (χ0v) is 6.19. The van der Waals surface area contributed by atoms with Crippen molar-refractivity contribution in [1.82, 2.24) is 10.6 Å². The average molecular weight is 130 g/mol. The summed E-state index contributed by atoms with van der Waals surface area (Å²) in [6.45, 7) is 6.66. The molecule has 0 bridgehead atoms. The van der Waals surface area contributed by atoms with Crippen molar-refractivity contribution in [2.75, 3.05) is 6.54 Å². The first kappa shape index (κ1) is 8.43. The Morgan fingerprint density at radius 3 is 2.44 bits per heavy atom. The van der Waals surface area contributed by atoms with Gasteiger partial charge in [-0.05, 0) is 20.4 Å². The standard InChI is InChI=1S/C6H14N2O/c1-4-7-6(2,3)8-5-9/h5,7H,4H2,1-3H3,(H,8,9). The molecule has 0 aromatic heterocycles. The third-order valence-corrected chi connectivity index (χ3v) is 1.04. The molecule has 0 radical (unpaired) electrons. The van der Waals surface area contributed by atoms with E-state index in [-0.39, 0.29) is 5.66 Å². The maximum Gasteiger partial charge on any atom is 0.208 e. The van der Waals surface area contributed by atoms with Crippen molar-refractivity contribution in [3.05, 3.63) is 0 Å². The minimum absolute atomic E-state index is 0.267. The summed E-state index contributed by atoms with van der Waals surface area (Å²) < 4.78 is 0. The molecule has 0 fully saturated rings. The molecule has 0 heterocycles. The smallest absolute Gasteiger partial charge is 0.208 e. The Morgan fingerprint density at radius 1 is 1.56 bits per heavy atom. The Kier molecular flexibility index (Phi) is 3.24. The van der Waals surface area contributed by atoms with E-state index in [0.29, 0.717) is 6.41 Å². The summed E-state index contributed by atoms with van der Waals surface area (Å²) in [4.78, 5) is 9.94. The second-order valence-corrected chi connectivity index (χ2v) is 2.42. The molecule has 0 saturated heterocycles. The van der Waals surface area contributed by atoms with E-state index in [1.807, 2.05) is 20.8 Å². The van der Waals surface area contributed by atoms with Crippen molar-refractivity contribution < 1.29 is 4.79 Å². The highest BCUT2D eigenvalue weighted by Gasteiger charge is 2.11. The predicted octanol–water partition coefficient (Wildman–Crippen LogP) is 0.0780. The van der Waals surface area contributed by atoms with E-state index in [1.165, 1.54) is 0 Å². The number of hydrogen-bond donors (Lipinski definition) is 2. The van der Waals surface area contributed by atoms with E-state index in [0.717, 1.165) is 6.54 Å². The van der Waals surface area contributed by atoms with Gasteiger partial charge in [0.05, 0.1) is 5.66 Å². The van der Waals surface area contributed by atoms with Crippen LogP contribution in [0.5, 0.6) is 0 Å². The lowest BCUT2D eigenvalue weighted by molar-refractivity contribution is -0.111. The monoisotopic (exact) mass is 130 g/mol. The SMILES string of the molecule is CCNC(C)(C)NC=O. The first-order chi connectivity index (χ1) is 4.12. The first-order valence-electron chi connectivity index (χ1n) is 3.09. The second-order valence-electron chi connectivity index (χ2n) is 2.42. The summed E-state index contributed by atoms with van der Waals surface area (Å²) in [6, 6.07) is 0. The van der Waals surface area contributed by atoms with Gasteiger partial charge >= 0.3 is 0 Å². The molecule has 0 aromatic rings. The van der Waals surface area contributed by atoms with Crippen LogP contribution in [0, 0.1) is 0 Å². The molecule has 2 N–H and O–H groups in total. The van der Waals surface area contributed by atoms with E-state index >= 15 is 0 Å². The van der Waals surface area contributed by atoms with Gasteiger partial charge in [0.25, 0.3) is 0 Å². The quantitative estimate of drug-likeness (QED) is 0.418. The van der Waals surface area contributed by atoms with Crippen LogP contribution in [-0.4, -0.2) is 18.6 Å². The van der Waals surface area contributed by atoms with Crippen LogP contribution in [-0.2, 0) is 4.79 Å². The maximum absolute atomic E-state index is 9.94. The fourth-order valence-corrected chi connectivity index (χ4v) is 0.640. The molecule has 0 rings (SSSR count). The van der Waals surface area contributed by atoms with Gasteiger partial charge in [-0.3, -0.25) is 10.1 Å². The van der Waals surface area contributed by atoms with Crippen molar-refractivity contribution in [2.24, 2.45) is 0 Å². The highest BCUT2D eigenvalue weighted by atomic mass is 16.1. The number of carbonyl (C=O) groups is 1. The molecule has 1 amide bonds. The molecule has 0 atom stereocenters. The van der Waals surface area contributed by atoms with Gasteiger partial charge in [0, 0.05) is 0 Å². The molecule has 3 heteroatoms. The number of hydrogen-bond acceptors (Lipinski definition) is 2. The summed E-state index contributed by atoms with van der Waals surface area (Å²) in [6.07, 6.45) is 0.697. The van der Waals surface area contributed by atoms with Gasteiger partial charge in [0.1, 0.15) is 0 Å². The number of nitrogens with one attached hydrogen (secondary N) is 2. The molecule has 0 aliphatic rings. The van der Waals surface area contributed by atoms with E-state index in [4.69, 9.17) is 0 Å². The average Bonchev–Trinajstić information content (AvgIpc) is 1.64. The summed E-state index contributed by atoms with van der Waals surface area (Å²) in [7, 11) is 0. The topological polar surface area (TPSA) is 41.1 Å². The Morgan fingerprint density at radius 2 is 2.11 bits per heavy atom. The summed E-state index contributed by atoms with van der Waals surface area (Å²) in [5.74, 6) is 0. The fraction of sp³-hybridized carbons (Fsp3) is 0.833. The minimum atomic E-state index is -0.267. The van der Waals surface area contributed by atoms with E-state index in [1.54, 1.807) is 0 Å². The number of amides is 1. The van der Waals surface area contributed by atoms with Crippen LogP contribution in [0.15, 0.2) is 0 Å². The number of rotatable bonds is 4. The van der Waals surface area contributed by atoms with Crippen molar-refractivity contribution in [1.29, 1.82) is 0 Å². The normalized spacial score (nSPS) is 11.0. The lowest BCUT2D eigenvalue weighted by Crippen LogP contribution is -2.51. The van der Waals surface area contributed by atoms with Crippen molar-refractivity contribution in [3.8, 4) is 0 Å². The van der Waals surface area contributed by atoms with Crippen molar-refractivity contribution in [2.45, 2.75) is 26.4 Å².